The highest BCUT2D eigenvalue weighted by molar-refractivity contribution is 5.45. The molecule has 0 bridgehead atoms. The molecule has 0 aromatic heterocycles. The largest absolute Gasteiger partial charge is 0.508 e. The van der Waals surface area contributed by atoms with Crippen LogP contribution in [0.1, 0.15) is 18.1 Å². The van der Waals surface area contributed by atoms with Crippen LogP contribution in [0.5, 0.6) is 11.5 Å². The Morgan fingerprint density at radius 3 is 2.21 bits per heavy atom. The second-order valence-electron chi connectivity index (χ2n) is 3.57. The Labute approximate surface area is 84.0 Å². The first kappa shape index (κ1) is 10.9. The van der Waals surface area contributed by atoms with E-state index in [4.69, 9.17) is 9.84 Å². The van der Waals surface area contributed by atoms with E-state index in [0.29, 0.717) is 0 Å². The number of phenols is 1. The summed E-state index contributed by atoms with van der Waals surface area (Å²) in [7, 11) is 0. The van der Waals surface area contributed by atoms with E-state index in [-0.39, 0.29) is 12.4 Å². The van der Waals surface area contributed by atoms with Gasteiger partial charge >= 0.3 is 0 Å². The summed E-state index contributed by atoms with van der Waals surface area (Å²) >= 11 is 0. The second-order valence-corrected chi connectivity index (χ2v) is 3.57. The van der Waals surface area contributed by atoms with Crippen LogP contribution in [0.3, 0.4) is 0 Å². The van der Waals surface area contributed by atoms with Gasteiger partial charge in [0.15, 0.2) is 0 Å². The number of aryl methyl sites for hydroxylation is 2. The molecule has 1 rings (SSSR count). The summed E-state index contributed by atoms with van der Waals surface area (Å²) in [5, 5.41) is 18.4. The Bertz CT molecular complexity index is 295. The number of aromatic hydroxyl groups is 1. The van der Waals surface area contributed by atoms with Gasteiger partial charge in [0.25, 0.3) is 0 Å². The molecule has 0 aliphatic heterocycles. The lowest BCUT2D eigenvalue weighted by molar-refractivity contribution is 0.122. The van der Waals surface area contributed by atoms with E-state index in [2.05, 4.69) is 0 Å². The Balaban J connectivity index is 2.86. The first-order valence-electron chi connectivity index (χ1n) is 4.61. The Hall–Kier alpha value is -1.22. The predicted molar refractivity (Wildman–Crippen MR) is 54.8 cm³/mol. The fourth-order valence-electron chi connectivity index (χ4n) is 1.36. The van der Waals surface area contributed by atoms with E-state index in [1.54, 1.807) is 19.1 Å². The maximum absolute atomic E-state index is 9.29. The standard InChI is InChI=1S/C11H16O3/c1-7-4-10(13)5-8(2)11(7)14-6-9(3)12/h4-5,9,12-13H,6H2,1-3H3/t9-/m1/s1. The van der Waals surface area contributed by atoms with Gasteiger partial charge in [-0.25, -0.2) is 0 Å². The Morgan fingerprint density at radius 2 is 1.79 bits per heavy atom. The minimum Gasteiger partial charge on any atom is -0.508 e. The molecule has 0 saturated carbocycles. The molecule has 78 valence electrons. The van der Waals surface area contributed by atoms with Gasteiger partial charge in [-0.15, -0.1) is 0 Å². The number of rotatable bonds is 3. The van der Waals surface area contributed by atoms with Crippen molar-refractivity contribution in [3.63, 3.8) is 0 Å². The molecule has 0 saturated heterocycles. The number of benzene rings is 1. The van der Waals surface area contributed by atoms with Crippen molar-refractivity contribution < 1.29 is 14.9 Å². The fraction of sp³-hybridized carbons (Fsp3) is 0.455. The van der Waals surface area contributed by atoms with Crippen LogP contribution in [-0.4, -0.2) is 22.9 Å². The van der Waals surface area contributed by atoms with Gasteiger partial charge in [0.2, 0.25) is 0 Å². The first-order chi connectivity index (χ1) is 6.50. The van der Waals surface area contributed by atoms with E-state index in [1.165, 1.54) is 0 Å². The molecular weight excluding hydrogens is 180 g/mol. The van der Waals surface area contributed by atoms with Gasteiger partial charge in [0, 0.05) is 0 Å². The summed E-state index contributed by atoms with van der Waals surface area (Å²) in [5.74, 6) is 0.980. The van der Waals surface area contributed by atoms with Crippen LogP contribution in [0.2, 0.25) is 0 Å². The third-order valence-electron chi connectivity index (χ3n) is 1.91. The molecule has 0 radical (unpaired) electrons. The van der Waals surface area contributed by atoms with Crippen LogP contribution in [0.25, 0.3) is 0 Å². The van der Waals surface area contributed by atoms with Gasteiger partial charge in [-0.05, 0) is 44.0 Å². The smallest absolute Gasteiger partial charge is 0.125 e. The molecular formula is C11H16O3. The average molecular weight is 196 g/mol. The van der Waals surface area contributed by atoms with E-state index >= 15 is 0 Å². The van der Waals surface area contributed by atoms with Gasteiger partial charge in [0.1, 0.15) is 18.1 Å². The number of aliphatic hydroxyl groups excluding tert-OH is 1. The molecule has 0 fully saturated rings. The van der Waals surface area contributed by atoms with E-state index in [9.17, 15) is 5.11 Å². The molecule has 1 aromatic rings. The summed E-state index contributed by atoms with van der Waals surface area (Å²) in [6, 6.07) is 3.29. The lowest BCUT2D eigenvalue weighted by atomic mass is 10.1. The maximum atomic E-state index is 9.29. The highest BCUT2D eigenvalue weighted by Gasteiger charge is 2.06. The summed E-state index contributed by atoms with van der Waals surface area (Å²) in [6.45, 7) is 5.67. The molecule has 1 atom stereocenters. The van der Waals surface area contributed by atoms with Crippen molar-refractivity contribution in [1.82, 2.24) is 0 Å². The molecule has 1 aromatic carbocycles. The van der Waals surface area contributed by atoms with Crippen molar-refractivity contribution in [1.29, 1.82) is 0 Å². The van der Waals surface area contributed by atoms with Gasteiger partial charge in [-0.1, -0.05) is 0 Å². The zero-order valence-electron chi connectivity index (χ0n) is 8.74. The third kappa shape index (κ3) is 2.64. The van der Waals surface area contributed by atoms with Crippen molar-refractivity contribution in [2.45, 2.75) is 26.9 Å². The minimum atomic E-state index is -0.484. The Morgan fingerprint density at radius 1 is 1.29 bits per heavy atom. The van der Waals surface area contributed by atoms with Crippen LogP contribution in [0.15, 0.2) is 12.1 Å². The molecule has 3 heteroatoms. The van der Waals surface area contributed by atoms with Crippen LogP contribution in [0, 0.1) is 13.8 Å². The lowest BCUT2D eigenvalue weighted by Gasteiger charge is -2.13. The van der Waals surface area contributed by atoms with Gasteiger partial charge in [-0.3, -0.25) is 0 Å². The molecule has 0 spiro atoms. The highest BCUT2D eigenvalue weighted by Crippen LogP contribution is 2.27. The van der Waals surface area contributed by atoms with Gasteiger partial charge in [-0.2, -0.15) is 0 Å². The molecule has 0 aliphatic rings. The van der Waals surface area contributed by atoms with Crippen LogP contribution >= 0.6 is 0 Å². The van der Waals surface area contributed by atoms with Crippen molar-refractivity contribution in [2.75, 3.05) is 6.61 Å². The van der Waals surface area contributed by atoms with Crippen molar-refractivity contribution in [2.24, 2.45) is 0 Å². The summed E-state index contributed by atoms with van der Waals surface area (Å²) in [6.07, 6.45) is -0.484. The monoisotopic (exact) mass is 196 g/mol. The van der Waals surface area contributed by atoms with Crippen molar-refractivity contribution in [3.05, 3.63) is 23.3 Å². The highest BCUT2D eigenvalue weighted by atomic mass is 16.5. The zero-order chi connectivity index (χ0) is 10.7. The average Bonchev–Trinajstić information content (AvgIpc) is 2.01. The lowest BCUT2D eigenvalue weighted by Crippen LogP contribution is -2.13. The van der Waals surface area contributed by atoms with Crippen LogP contribution in [-0.2, 0) is 0 Å². The molecule has 14 heavy (non-hydrogen) atoms. The number of aliphatic hydroxyl groups is 1. The van der Waals surface area contributed by atoms with E-state index in [1.807, 2.05) is 13.8 Å². The molecule has 0 unspecified atom stereocenters. The van der Waals surface area contributed by atoms with Crippen molar-refractivity contribution in [3.8, 4) is 11.5 Å². The zero-order valence-corrected chi connectivity index (χ0v) is 8.74. The molecule has 3 nitrogen and oxygen atoms in total. The van der Waals surface area contributed by atoms with E-state index < -0.39 is 6.10 Å². The topological polar surface area (TPSA) is 49.7 Å². The SMILES string of the molecule is Cc1cc(O)cc(C)c1OC[C@@H](C)O. The molecule has 0 aliphatic carbocycles. The Kier molecular flexibility index (Phi) is 3.36. The number of phenolic OH excluding ortho intramolecular Hbond substituents is 1. The van der Waals surface area contributed by atoms with Crippen molar-refractivity contribution >= 4 is 0 Å². The summed E-state index contributed by atoms with van der Waals surface area (Å²) in [5.41, 5.74) is 1.76. The molecule has 0 heterocycles. The molecule has 2 N–H and O–H groups in total. The van der Waals surface area contributed by atoms with Gasteiger partial charge in [0.05, 0.1) is 6.10 Å². The number of ether oxygens (including phenoxy) is 1. The van der Waals surface area contributed by atoms with E-state index in [0.717, 1.165) is 16.9 Å². The quantitative estimate of drug-likeness (QED) is 0.774. The van der Waals surface area contributed by atoms with Gasteiger partial charge < -0.3 is 14.9 Å². The summed E-state index contributed by atoms with van der Waals surface area (Å²) < 4.78 is 5.42. The number of hydrogen-bond donors (Lipinski definition) is 2. The first-order valence-corrected chi connectivity index (χ1v) is 4.61. The third-order valence-corrected chi connectivity index (χ3v) is 1.91. The van der Waals surface area contributed by atoms with Crippen LogP contribution < -0.4 is 4.74 Å². The minimum absolute atomic E-state index is 0.240. The fourth-order valence-corrected chi connectivity index (χ4v) is 1.36. The molecule has 0 amide bonds. The summed E-state index contributed by atoms with van der Waals surface area (Å²) in [4.78, 5) is 0. The predicted octanol–water partition coefficient (Wildman–Crippen LogP) is 1.77. The second kappa shape index (κ2) is 4.33. The maximum Gasteiger partial charge on any atom is 0.125 e. The normalized spacial score (nSPS) is 12.6. The van der Waals surface area contributed by atoms with Crippen LogP contribution in [0.4, 0.5) is 0 Å². The number of hydrogen-bond acceptors (Lipinski definition) is 3.